The van der Waals surface area contributed by atoms with Gasteiger partial charge in [-0.3, -0.25) is 4.79 Å². The summed E-state index contributed by atoms with van der Waals surface area (Å²) in [7, 11) is 3.12. The molecule has 1 amide bonds. The van der Waals surface area contributed by atoms with Crippen LogP contribution in [0.2, 0.25) is 0 Å². The zero-order valence-electron chi connectivity index (χ0n) is 15.6. The number of amides is 1. The lowest BCUT2D eigenvalue weighted by molar-refractivity contribution is 0.0699. The molecule has 30 heavy (non-hydrogen) atoms. The fourth-order valence-electron chi connectivity index (χ4n) is 2.74. The number of carbonyl (C=O) groups is 2. The molecule has 0 aliphatic heterocycles. The van der Waals surface area contributed by atoms with E-state index in [0.29, 0.717) is 26.2 Å². The molecule has 10 heteroatoms. The van der Waals surface area contributed by atoms with Gasteiger partial charge < -0.3 is 19.9 Å². The number of hydrogen-bond donors (Lipinski definition) is 2. The molecule has 0 fully saturated rings. The molecule has 2 aromatic carbocycles. The number of anilines is 1. The van der Waals surface area contributed by atoms with Crippen LogP contribution in [0, 0.1) is 10.7 Å². The van der Waals surface area contributed by atoms with Crippen LogP contribution in [-0.2, 0) is 0 Å². The van der Waals surface area contributed by atoms with E-state index in [1.807, 2.05) is 0 Å². The molecule has 0 aliphatic rings. The third-order valence-corrected chi connectivity index (χ3v) is 9.12. The third kappa shape index (κ3) is 4.70. The molecule has 0 bridgehead atoms. The zero-order chi connectivity index (χ0) is 22.0. The summed E-state index contributed by atoms with van der Waals surface area (Å²) in [6.45, 7) is 0. The largest absolute Gasteiger partial charge is 0.497 e. The Hall–Kier alpha value is -1.13. The molecule has 0 spiro atoms. The van der Waals surface area contributed by atoms with Gasteiger partial charge in [0.1, 0.15) is 22.1 Å². The summed E-state index contributed by atoms with van der Waals surface area (Å²) in [5.41, 5.74) is 1.74. The minimum absolute atomic E-state index is 0.0562. The van der Waals surface area contributed by atoms with Crippen LogP contribution < -0.4 is 14.8 Å². The van der Waals surface area contributed by atoms with Crippen molar-refractivity contribution in [1.29, 1.82) is 0 Å². The zero-order valence-corrected chi connectivity index (χ0v) is 22.9. The van der Waals surface area contributed by atoms with Crippen LogP contribution in [0.15, 0.2) is 35.7 Å². The van der Waals surface area contributed by atoms with Crippen LogP contribution in [0.3, 0.4) is 0 Å². The van der Waals surface area contributed by atoms with Crippen LogP contribution in [0.5, 0.6) is 11.5 Å². The summed E-state index contributed by atoms with van der Waals surface area (Å²) < 4.78 is 13.1. The number of halogens is 3. The summed E-state index contributed by atoms with van der Waals surface area (Å²) in [4.78, 5) is 25.0. The van der Waals surface area contributed by atoms with Gasteiger partial charge in [-0.05, 0) is 91.5 Å². The molecule has 0 radical (unpaired) electrons. The van der Waals surface area contributed by atoms with Gasteiger partial charge in [-0.25, -0.2) is 4.79 Å². The highest BCUT2D eigenvalue weighted by atomic mass is 127. The van der Waals surface area contributed by atoms with Crippen molar-refractivity contribution in [2.75, 3.05) is 19.5 Å². The molecule has 156 valence electrons. The highest BCUT2D eigenvalue weighted by Gasteiger charge is 2.24. The Morgan fingerprint density at radius 1 is 1.03 bits per heavy atom. The predicted molar refractivity (Wildman–Crippen MR) is 142 cm³/mol. The van der Waals surface area contributed by atoms with Gasteiger partial charge in [-0.15, -0.1) is 11.3 Å². The van der Waals surface area contributed by atoms with E-state index < -0.39 is 11.9 Å². The van der Waals surface area contributed by atoms with E-state index in [-0.39, 0.29) is 10.6 Å². The standard InChI is InChI=1S/C20H14I3NO5S/c1-28-10-5-3-9(4-6-10)12-8-30-19(14(12)20(26)27)24-18(25)11-7-13(21)16(23)17(29-2)15(11)22/h3-8H,1-2H3,(H,24,25)(H,26,27). The quantitative estimate of drug-likeness (QED) is 0.231. The fraction of sp³-hybridized carbons (Fsp3) is 0.100. The number of nitrogens with one attached hydrogen (secondary N) is 1. The number of aromatic carboxylic acids is 1. The molecule has 0 atom stereocenters. The Labute approximate surface area is 217 Å². The molecular formula is C20H14I3NO5S. The lowest BCUT2D eigenvalue weighted by Gasteiger charge is -2.13. The summed E-state index contributed by atoms with van der Waals surface area (Å²) in [5, 5.41) is 14.6. The number of rotatable bonds is 6. The summed E-state index contributed by atoms with van der Waals surface area (Å²) in [6, 6.07) is 8.86. The van der Waals surface area contributed by atoms with Crippen molar-refractivity contribution in [3.05, 3.63) is 57.5 Å². The van der Waals surface area contributed by atoms with Crippen LogP contribution in [0.4, 0.5) is 5.00 Å². The van der Waals surface area contributed by atoms with Crippen molar-refractivity contribution < 1.29 is 24.2 Å². The van der Waals surface area contributed by atoms with Gasteiger partial charge in [-0.2, -0.15) is 0 Å². The van der Waals surface area contributed by atoms with Gasteiger partial charge in [-0.1, -0.05) is 12.1 Å². The average Bonchev–Trinajstić information content (AvgIpc) is 3.15. The molecule has 0 unspecified atom stereocenters. The van der Waals surface area contributed by atoms with Crippen LogP contribution in [0.25, 0.3) is 11.1 Å². The number of ether oxygens (including phenoxy) is 2. The molecule has 0 saturated heterocycles. The first-order chi connectivity index (χ1) is 14.3. The third-order valence-electron chi connectivity index (χ3n) is 4.20. The van der Waals surface area contributed by atoms with E-state index in [9.17, 15) is 14.7 Å². The topological polar surface area (TPSA) is 84.9 Å². The summed E-state index contributed by atoms with van der Waals surface area (Å²) in [5.74, 6) is -0.201. The predicted octanol–water partition coefficient (Wildman–Crippen LogP) is 6.20. The highest BCUT2D eigenvalue weighted by Crippen LogP contribution is 2.38. The number of thiophene rings is 1. The number of carboxylic acid groups (broad SMARTS) is 1. The maximum Gasteiger partial charge on any atom is 0.339 e. The lowest BCUT2D eigenvalue weighted by atomic mass is 10.0. The Bertz CT molecular complexity index is 1130. The molecular weight excluding hydrogens is 747 g/mol. The van der Waals surface area contributed by atoms with Crippen molar-refractivity contribution in [3.63, 3.8) is 0 Å². The van der Waals surface area contributed by atoms with Gasteiger partial charge in [0, 0.05) is 14.5 Å². The van der Waals surface area contributed by atoms with E-state index in [4.69, 9.17) is 9.47 Å². The monoisotopic (exact) mass is 761 g/mol. The van der Waals surface area contributed by atoms with Gasteiger partial charge in [0.2, 0.25) is 0 Å². The van der Waals surface area contributed by atoms with Gasteiger partial charge >= 0.3 is 5.97 Å². The number of carbonyl (C=O) groups excluding carboxylic acids is 1. The van der Waals surface area contributed by atoms with Crippen LogP contribution in [-0.4, -0.2) is 31.2 Å². The minimum Gasteiger partial charge on any atom is -0.497 e. The van der Waals surface area contributed by atoms with Crippen molar-refractivity contribution in [2.24, 2.45) is 0 Å². The van der Waals surface area contributed by atoms with E-state index in [1.165, 1.54) is 11.3 Å². The Balaban J connectivity index is 2.00. The van der Waals surface area contributed by atoms with E-state index in [0.717, 1.165) is 12.7 Å². The van der Waals surface area contributed by atoms with Crippen LogP contribution in [0.1, 0.15) is 20.7 Å². The molecule has 3 rings (SSSR count). The Morgan fingerprint density at radius 3 is 2.27 bits per heavy atom. The lowest BCUT2D eigenvalue weighted by Crippen LogP contribution is -2.16. The normalized spacial score (nSPS) is 10.6. The second kappa shape index (κ2) is 9.99. The molecule has 6 nitrogen and oxygen atoms in total. The van der Waals surface area contributed by atoms with E-state index in [1.54, 1.807) is 49.9 Å². The molecule has 1 aromatic heterocycles. The molecule has 0 aliphatic carbocycles. The van der Waals surface area contributed by atoms with Crippen molar-refractivity contribution in [2.45, 2.75) is 0 Å². The average molecular weight is 761 g/mol. The molecule has 2 N–H and O–H groups in total. The second-order valence-electron chi connectivity index (χ2n) is 5.91. The Kier molecular flexibility index (Phi) is 7.84. The molecule has 3 aromatic rings. The number of methoxy groups -OCH3 is 2. The maximum atomic E-state index is 13.0. The Morgan fingerprint density at radius 2 is 1.70 bits per heavy atom. The van der Waals surface area contributed by atoms with E-state index >= 15 is 0 Å². The van der Waals surface area contributed by atoms with Crippen LogP contribution >= 0.6 is 79.1 Å². The first-order valence-electron chi connectivity index (χ1n) is 8.30. The first-order valence-corrected chi connectivity index (χ1v) is 12.4. The van der Waals surface area contributed by atoms with Gasteiger partial charge in [0.15, 0.2) is 0 Å². The summed E-state index contributed by atoms with van der Waals surface area (Å²) in [6.07, 6.45) is 0. The smallest absolute Gasteiger partial charge is 0.339 e. The number of hydrogen-bond acceptors (Lipinski definition) is 5. The van der Waals surface area contributed by atoms with Gasteiger partial charge in [0.05, 0.1) is 26.9 Å². The van der Waals surface area contributed by atoms with E-state index in [2.05, 4.69) is 73.1 Å². The second-order valence-corrected chi connectivity index (χ2v) is 10.1. The minimum atomic E-state index is -1.11. The highest BCUT2D eigenvalue weighted by molar-refractivity contribution is 14.1. The van der Waals surface area contributed by atoms with Crippen molar-refractivity contribution >= 4 is 96.0 Å². The molecule has 0 saturated carbocycles. The fourth-order valence-corrected chi connectivity index (χ4v) is 6.31. The number of benzene rings is 2. The van der Waals surface area contributed by atoms with Crippen molar-refractivity contribution in [1.82, 2.24) is 0 Å². The number of carboxylic acids is 1. The SMILES string of the molecule is COc1ccc(-c2csc(NC(=O)c3cc(I)c(I)c(OC)c3I)c2C(=O)O)cc1. The van der Waals surface area contributed by atoms with Gasteiger partial charge in [0.25, 0.3) is 5.91 Å². The molecule has 1 heterocycles. The first kappa shape index (κ1) is 23.5. The van der Waals surface area contributed by atoms with Crippen molar-refractivity contribution in [3.8, 4) is 22.6 Å². The maximum absolute atomic E-state index is 13.0. The summed E-state index contributed by atoms with van der Waals surface area (Å²) >= 11 is 7.55.